The summed E-state index contributed by atoms with van der Waals surface area (Å²) in [5.41, 5.74) is -0.0492. The third-order valence-corrected chi connectivity index (χ3v) is 3.56. The maximum Gasteiger partial charge on any atom is 0.117 e. The minimum Gasteiger partial charge on any atom is -0.493 e. The molecule has 0 spiro atoms. The molecule has 1 nitrogen and oxygen atoms in total. The molecule has 0 unspecified atom stereocenters. The fraction of sp³-hybridized carbons (Fsp3) is 0.750. The molecule has 1 aliphatic heterocycles. The van der Waals surface area contributed by atoms with E-state index >= 15 is 0 Å². The Hall–Kier alpha value is -0.110. The van der Waals surface area contributed by atoms with Crippen molar-refractivity contribution in [1.82, 2.24) is 0 Å². The van der Waals surface area contributed by atoms with Gasteiger partial charge in [0.1, 0.15) is 5.60 Å². The van der Waals surface area contributed by atoms with Crippen LogP contribution in [-0.4, -0.2) is 10.3 Å². The van der Waals surface area contributed by atoms with Crippen molar-refractivity contribution < 1.29 is 4.74 Å². The predicted molar refractivity (Wildman–Crippen MR) is 46.0 cm³/mol. The normalized spacial score (nSPS) is 27.6. The van der Waals surface area contributed by atoms with E-state index in [0.717, 1.165) is 0 Å². The van der Waals surface area contributed by atoms with E-state index < -0.39 is 0 Å². The van der Waals surface area contributed by atoms with Crippen LogP contribution in [0.2, 0.25) is 0 Å². The molecular formula is C8H14OS. The highest BCUT2D eigenvalue weighted by Gasteiger charge is 2.40. The van der Waals surface area contributed by atoms with Gasteiger partial charge in [0.05, 0.1) is 11.0 Å². The first-order valence-electron chi connectivity index (χ1n) is 3.46. The summed E-state index contributed by atoms with van der Waals surface area (Å²) in [4.78, 5) is 0. The van der Waals surface area contributed by atoms with Crippen LogP contribution >= 0.6 is 11.8 Å². The first-order chi connectivity index (χ1) is 4.46. The van der Waals surface area contributed by atoms with E-state index in [1.807, 2.05) is 17.2 Å². The second kappa shape index (κ2) is 2.19. The van der Waals surface area contributed by atoms with Crippen LogP contribution in [0, 0.1) is 0 Å². The molecule has 58 valence electrons. The van der Waals surface area contributed by atoms with Gasteiger partial charge in [0, 0.05) is 5.41 Å². The van der Waals surface area contributed by atoms with E-state index in [2.05, 4.69) is 27.7 Å². The highest BCUT2D eigenvalue weighted by molar-refractivity contribution is 8.03. The number of thioether (sulfide) groups is 1. The van der Waals surface area contributed by atoms with Crippen LogP contribution in [0.15, 0.2) is 11.7 Å². The molecule has 0 fully saturated rings. The molecule has 0 aromatic rings. The first kappa shape index (κ1) is 7.99. The average molecular weight is 158 g/mol. The van der Waals surface area contributed by atoms with Crippen molar-refractivity contribution in [3.8, 4) is 0 Å². The molecule has 0 amide bonds. The molecule has 0 saturated heterocycles. The Labute approximate surface area is 66.8 Å². The Balaban J connectivity index is 2.84. The van der Waals surface area contributed by atoms with Gasteiger partial charge in [-0.3, -0.25) is 0 Å². The second-order valence-electron chi connectivity index (χ2n) is 3.53. The van der Waals surface area contributed by atoms with Crippen molar-refractivity contribution in [2.24, 2.45) is 0 Å². The van der Waals surface area contributed by atoms with Crippen LogP contribution in [0.5, 0.6) is 0 Å². The SMILES string of the molecule is CC1(C)OC=CSC1(C)C. The van der Waals surface area contributed by atoms with Crippen molar-refractivity contribution in [3.05, 3.63) is 11.7 Å². The van der Waals surface area contributed by atoms with Crippen molar-refractivity contribution in [1.29, 1.82) is 0 Å². The molecule has 1 rings (SSSR count). The lowest BCUT2D eigenvalue weighted by Gasteiger charge is -2.41. The van der Waals surface area contributed by atoms with E-state index in [1.54, 1.807) is 6.26 Å². The summed E-state index contributed by atoms with van der Waals surface area (Å²) in [5.74, 6) is 0. The van der Waals surface area contributed by atoms with Crippen LogP contribution in [0.4, 0.5) is 0 Å². The van der Waals surface area contributed by atoms with E-state index in [4.69, 9.17) is 4.74 Å². The molecule has 2 heteroatoms. The molecule has 0 aliphatic carbocycles. The molecule has 1 aliphatic rings. The Bertz CT molecular complexity index is 141. The fourth-order valence-corrected chi connectivity index (χ4v) is 1.46. The second-order valence-corrected chi connectivity index (χ2v) is 5.06. The summed E-state index contributed by atoms with van der Waals surface area (Å²) in [7, 11) is 0. The number of ether oxygens (including phenoxy) is 1. The summed E-state index contributed by atoms with van der Waals surface area (Å²) in [6.45, 7) is 8.62. The van der Waals surface area contributed by atoms with Crippen LogP contribution in [-0.2, 0) is 4.74 Å². The third kappa shape index (κ3) is 1.17. The van der Waals surface area contributed by atoms with Gasteiger partial charge in [-0.1, -0.05) is 0 Å². The summed E-state index contributed by atoms with van der Waals surface area (Å²) in [6, 6.07) is 0. The maximum absolute atomic E-state index is 5.48. The van der Waals surface area contributed by atoms with Crippen molar-refractivity contribution in [2.75, 3.05) is 0 Å². The summed E-state index contributed by atoms with van der Waals surface area (Å²) >= 11 is 1.82. The van der Waals surface area contributed by atoms with E-state index in [9.17, 15) is 0 Å². The highest BCUT2D eigenvalue weighted by Crippen LogP contribution is 2.41. The zero-order chi connectivity index (χ0) is 7.83. The molecule has 0 bridgehead atoms. The van der Waals surface area contributed by atoms with Crippen LogP contribution in [0.3, 0.4) is 0 Å². The molecule has 0 N–H and O–H groups in total. The molecule has 0 saturated carbocycles. The van der Waals surface area contributed by atoms with Gasteiger partial charge in [0.25, 0.3) is 0 Å². The first-order valence-corrected chi connectivity index (χ1v) is 4.34. The molecule has 1 heterocycles. The summed E-state index contributed by atoms with van der Waals surface area (Å²) < 4.78 is 5.66. The Morgan fingerprint density at radius 3 is 2.10 bits per heavy atom. The molecule has 0 aromatic heterocycles. The Kier molecular flexibility index (Phi) is 1.75. The highest BCUT2D eigenvalue weighted by atomic mass is 32.2. The van der Waals surface area contributed by atoms with E-state index in [0.29, 0.717) is 0 Å². The number of rotatable bonds is 0. The van der Waals surface area contributed by atoms with Crippen LogP contribution in [0.25, 0.3) is 0 Å². The third-order valence-electron chi connectivity index (χ3n) is 2.23. The quantitative estimate of drug-likeness (QED) is 0.536. The molecule has 0 aromatic carbocycles. The standard InChI is InChI=1S/C8H14OS/c1-7(2)8(3,4)10-6-5-9-7/h5-6H,1-4H3. The lowest BCUT2D eigenvalue weighted by molar-refractivity contribution is 0.0271. The van der Waals surface area contributed by atoms with Gasteiger partial charge in [-0.05, 0) is 27.7 Å². The maximum atomic E-state index is 5.48. The Morgan fingerprint density at radius 2 is 1.80 bits per heavy atom. The molecule has 0 radical (unpaired) electrons. The van der Waals surface area contributed by atoms with Gasteiger partial charge < -0.3 is 4.74 Å². The minimum absolute atomic E-state index is 0.0492. The lowest BCUT2D eigenvalue weighted by Crippen LogP contribution is -2.44. The van der Waals surface area contributed by atoms with Crippen molar-refractivity contribution in [3.63, 3.8) is 0 Å². The average Bonchev–Trinajstić information content (AvgIpc) is 1.77. The minimum atomic E-state index is -0.0492. The van der Waals surface area contributed by atoms with Crippen LogP contribution < -0.4 is 0 Å². The fourth-order valence-electron chi connectivity index (χ4n) is 0.680. The van der Waals surface area contributed by atoms with Gasteiger partial charge >= 0.3 is 0 Å². The monoisotopic (exact) mass is 158 g/mol. The van der Waals surface area contributed by atoms with Crippen LogP contribution in [0.1, 0.15) is 27.7 Å². The summed E-state index contributed by atoms with van der Waals surface area (Å²) in [5, 5.41) is 2.01. The van der Waals surface area contributed by atoms with Gasteiger partial charge in [0.15, 0.2) is 0 Å². The van der Waals surface area contributed by atoms with Crippen molar-refractivity contribution in [2.45, 2.75) is 38.0 Å². The zero-order valence-corrected chi connectivity index (χ0v) is 7.79. The smallest absolute Gasteiger partial charge is 0.117 e. The van der Waals surface area contributed by atoms with E-state index in [1.165, 1.54) is 0 Å². The van der Waals surface area contributed by atoms with Gasteiger partial charge in [-0.25, -0.2) is 0 Å². The molecule has 0 atom stereocenters. The van der Waals surface area contributed by atoms with Gasteiger partial charge in [-0.2, -0.15) is 0 Å². The number of hydrogen-bond donors (Lipinski definition) is 0. The largest absolute Gasteiger partial charge is 0.493 e. The van der Waals surface area contributed by atoms with Gasteiger partial charge in [0.2, 0.25) is 0 Å². The van der Waals surface area contributed by atoms with Crippen molar-refractivity contribution >= 4 is 11.8 Å². The molecular weight excluding hydrogens is 144 g/mol. The lowest BCUT2D eigenvalue weighted by atomic mass is 9.93. The molecule has 10 heavy (non-hydrogen) atoms. The predicted octanol–water partition coefficient (Wildman–Crippen LogP) is 2.78. The summed E-state index contributed by atoms with van der Waals surface area (Å²) in [6.07, 6.45) is 1.77. The van der Waals surface area contributed by atoms with E-state index in [-0.39, 0.29) is 10.3 Å². The van der Waals surface area contributed by atoms with Gasteiger partial charge in [-0.15, -0.1) is 11.8 Å². The topological polar surface area (TPSA) is 9.23 Å². The zero-order valence-electron chi connectivity index (χ0n) is 6.97. The Morgan fingerprint density at radius 1 is 1.20 bits per heavy atom. The number of hydrogen-bond acceptors (Lipinski definition) is 2.